The molecule has 2 fully saturated rings. The highest BCUT2D eigenvalue weighted by molar-refractivity contribution is 5.98. The molecule has 1 aliphatic carbocycles. The Bertz CT molecular complexity index is 1650. The number of rotatable bonds is 7. The van der Waals surface area contributed by atoms with Gasteiger partial charge < -0.3 is 15.6 Å². The maximum absolute atomic E-state index is 15.4. The van der Waals surface area contributed by atoms with Crippen molar-refractivity contribution in [3.63, 3.8) is 0 Å². The van der Waals surface area contributed by atoms with Gasteiger partial charge >= 0.3 is 0 Å². The average Bonchev–Trinajstić information content (AvgIpc) is 3.74. The number of carbonyl (C=O) groups is 1. The predicted octanol–water partition coefficient (Wildman–Crippen LogP) is 4.50. The number of piperidine rings is 1. The molecule has 0 radical (unpaired) electrons. The monoisotopic (exact) mass is 574 g/mol. The van der Waals surface area contributed by atoms with E-state index in [1.54, 1.807) is 9.58 Å². The molecule has 4 aromatic rings. The number of ketones is 1. The van der Waals surface area contributed by atoms with Gasteiger partial charge in [0.1, 0.15) is 29.4 Å². The maximum atomic E-state index is 15.4. The van der Waals surface area contributed by atoms with Gasteiger partial charge in [-0.15, -0.1) is 0 Å². The highest BCUT2D eigenvalue weighted by Gasteiger charge is 2.39. The lowest BCUT2D eigenvalue weighted by Gasteiger charge is -2.35. The van der Waals surface area contributed by atoms with Crippen molar-refractivity contribution in [1.29, 1.82) is 0 Å². The van der Waals surface area contributed by atoms with Crippen LogP contribution in [0, 0.1) is 35.0 Å². The molecule has 6 rings (SSSR count). The minimum Gasteiger partial charge on any atom is -0.451 e. The lowest BCUT2D eigenvalue weighted by molar-refractivity contribution is -0.140. The van der Waals surface area contributed by atoms with E-state index in [1.807, 2.05) is 0 Å². The third-order valence-electron chi connectivity index (χ3n) is 7.36. The van der Waals surface area contributed by atoms with Gasteiger partial charge in [0.15, 0.2) is 29.3 Å². The molecular weight excluding hydrogens is 551 g/mol. The van der Waals surface area contributed by atoms with Crippen LogP contribution < -0.4 is 10.5 Å². The van der Waals surface area contributed by atoms with Crippen molar-refractivity contribution >= 4 is 22.6 Å². The van der Waals surface area contributed by atoms with Crippen LogP contribution in [0.4, 0.5) is 27.8 Å². The molecule has 2 unspecified atom stereocenters. The van der Waals surface area contributed by atoms with Crippen molar-refractivity contribution in [2.45, 2.75) is 38.0 Å². The Morgan fingerprint density at radius 3 is 2.44 bits per heavy atom. The molecule has 3 N–H and O–H groups in total. The summed E-state index contributed by atoms with van der Waals surface area (Å²) in [7, 11) is 0. The molecule has 9 nitrogen and oxygen atoms in total. The first-order chi connectivity index (χ1) is 19.6. The highest BCUT2D eigenvalue weighted by atomic mass is 19.2. The van der Waals surface area contributed by atoms with Gasteiger partial charge in [0.2, 0.25) is 17.4 Å². The number of Topliss-reactive ketones (excluding diaryl/α,β-unsaturated/α-hetero) is 1. The summed E-state index contributed by atoms with van der Waals surface area (Å²) in [6.07, 6.45) is 2.85. The summed E-state index contributed by atoms with van der Waals surface area (Å²) in [5.41, 5.74) is 6.44. The molecule has 1 saturated heterocycles. The predicted molar refractivity (Wildman–Crippen MR) is 135 cm³/mol. The van der Waals surface area contributed by atoms with Crippen LogP contribution in [-0.2, 0) is 4.79 Å². The quantitative estimate of drug-likeness (QED) is 0.245. The number of likely N-dealkylation sites (tertiary alicyclic amines) is 1. The Labute approximate surface area is 229 Å². The largest absolute Gasteiger partial charge is 0.451 e. The molecule has 0 amide bonds. The second kappa shape index (κ2) is 10.3. The fourth-order valence-electron chi connectivity index (χ4n) is 5.11. The summed E-state index contributed by atoms with van der Waals surface area (Å²) in [6.45, 7) is 0.808. The molecule has 2 aliphatic rings. The minimum absolute atomic E-state index is 0.0203. The number of aliphatic hydroxyl groups is 1. The van der Waals surface area contributed by atoms with Gasteiger partial charge in [-0.2, -0.15) is 13.9 Å². The molecule has 1 aliphatic heterocycles. The number of hydrogen-bond acceptors (Lipinski definition) is 8. The first-order valence-corrected chi connectivity index (χ1v) is 12.9. The van der Waals surface area contributed by atoms with Crippen LogP contribution in [0.1, 0.15) is 31.7 Å². The summed E-state index contributed by atoms with van der Waals surface area (Å²) in [5, 5.41) is 15.5. The van der Waals surface area contributed by atoms with Gasteiger partial charge in [-0.05, 0) is 37.8 Å². The van der Waals surface area contributed by atoms with Crippen molar-refractivity contribution in [3.8, 4) is 22.8 Å². The molecule has 1 saturated carbocycles. The van der Waals surface area contributed by atoms with Crippen molar-refractivity contribution in [1.82, 2.24) is 24.6 Å². The lowest BCUT2D eigenvalue weighted by Crippen LogP contribution is -2.47. The Kier molecular flexibility index (Phi) is 6.82. The van der Waals surface area contributed by atoms with Gasteiger partial charge in [0, 0.05) is 36.7 Å². The smallest absolute Gasteiger partial charge is 0.204 e. The lowest BCUT2D eigenvalue weighted by atomic mass is 10.0. The van der Waals surface area contributed by atoms with Crippen LogP contribution in [0.25, 0.3) is 22.3 Å². The number of aliphatic hydroxyl groups excluding tert-OH is 1. The van der Waals surface area contributed by atoms with E-state index in [4.69, 9.17) is 10.5 Å². The standard InChI is InChI=1S/C27H23F5N6O3/c28-16-8-14(41-24-20(31)17(29)9-18(30)21(24)32)5-6-15(16)22-19-25(33)34-11-35-26(19)38(36-22)13-2-1-7-37(10-13)27(40)23(39)12-3-4-12/h5-6,8-9,11-13,27,40H,1-4,7,10H2,(H2,33,34,35). The number of nitrogens with zero attached hydrogens (tertiary/aromatic N) is 5. The van der Waals surface area contributed by atoms with Crippen LogP contribution >= 0.6 is 0 Å². The molecule has 2 aromatic carbocycles. The Morgan fingerprint density at radius 2 is 1.76 bits per heavy atom. The number of ether oxygens (including phenoxy) is 1. The second-order valence-electron chi connectivity index (χ2n) is 10.1. The van der Waals surface area contributed by atoms with E-state index < -0.39 is 46.8 Å². The van der Waals surface area contributed by atoms with Gasteiger partial charge in [-0.1, -0.05) is 0 Å². The minimum atomic E-state index is -1.77. The molecule has 14 heteroatoms. The SMILES string of the molecule is Nc1ncnc2c1c(-c1ccc(Oc3c(F)c(F)cc(F)c3F)cc1F)nn2C1CCCN(C(O)C(=O)C2CC2)C1. The van der Waals surface area contributed by atoms with Crippen LogP contribution in [0.3, 0.4) is 0 Å². The van der Waals surface area contributed by atoms with Crippen LogP contribution in [0.15, 0.2) is 30.6 Å². The Hall–Kier alpha value is -4.17. The van der Waals surface area contributed by atoms with E-state index in [-0.39, 0.29) is 52.8 Å². The van der Waals surface area contributed by atoms with Crippen LogP contribution in [0.2, 0.25) is 0 Å². The van der Waals surface area contributed by atoms with Gasteiger partial charge in [-0.25, -0.2) is 27.8 Å². The Balaban J connectivity index is 1.34. The van der Waals surface area contributed by atoms with Crippen molar-refractivity contribution in [3.05, 3.63) is 59.7 Å². The fourth-order valence-corrected chi connectivity index (χ4v) is 5.11. The second-order valence-corrected chi connectivity index (χ2v) is 10.1. The topological polar surface area (TPSA) is 119 Å². The average molecular weight is 575 g/mol. The number of nitrogens with two attached hydrogens (primary N) is 1. The summed E-state index contributed by atoms with van der Waals surface area (Å²) >= 11 is 0. The van der Waals surface area contributed by atoms with Gasteiger partial charge in [-0.3, -0.25) is 9.69 Å². The van der Waals surface area contributed by atoms with E-state index in [1.165, 1.54) is 12.4 Å². The number of halogens is 5. The zero-order valence-electron chi connectivity index (χ0n) is 21.3. The number of anilines is 1. The van der Waals surface area contributed by atoms with Gasteiger partial charge in [0.25, 0.3) is 0 Å². The number of fused-ring (bicyclic) bond motifs is 1. The zero-order chi connectivity index (χ0) is 29.0. The van der Waals surface area contributed by atoms with Crippen molar-refractivity contribution in [2.24, 2.45) is 5.92 Å². The van der Waals surface area contributed by atoms with Crippen LogP contribution in [-0.4, -0.2) is 54.9 Å². The first kappa shape index (κ1) is 27.0. The fraction of sp³-hybridized carbons (Fsp3) is 0.333. The molecule has 0 spiro atoms. The molecule has 3 heterocycles. The molecule has 41 heavy (non-hydrogen) atoms. The summed E-state index contributed by atoms with van der Waals surface area (Å²) in [5.74, 6) is -9.90. The van der Waals surface area contributed by atoms with Crippen LogP contribution in [0.5, 0.6) is 11.5 Å². The summed E-state index contributed by atoms with van der Waals surface area (Å²) in [6, 6.07) is 2.83. The maximum Gasteiger partial charge on any atom is 0.204 e. The van der Waals surface area contributed by atoms with E-state index in [0.29, 0.717) is 25.0 Å². The Morgan fingerprint density at radius 1 is 1.02 bits per heavy atom. The van der Waals surface area contributed by atoms with Gasteiger partial charge in [0.05, 0.1) is 11.4 Å². The van der Waals surface area contributed by atoms with Crippen molar-refractivity contribution in [2.75, 3.05) is 18.8 Å². The third-order valence-corrected chi connectivity index (χ3v) is 7.36. The molecule has 2 aromatic heterocycles. The van der Waals surface area contributed by atoms with E-state index in [2.05, 4.69) is 15.1 Å². The van der Waals surface area contributed by atoms with Crippen molar-refractivity contribution < 1.29 is 36.6 Å². The molecule has 0 bridgehead atoms. The molecule has 214 valence electrons. The number of hydrogen-bond donors (Lipinski definition) is 2. The number of nitrogen functional groups attached to an aromatic ring is 1. The highest BCUT2D eigenvalue weighted by Crippen LogP contribution is 2.38. The number of aromatic nitrogens is 4. The normalized spacial score (nSPS) is 18.5. The van der Waals surface area contributed by atoms with E-state index in [9.17, 15) is 27.5 Å². The number of carbonyl (C=O) groups excluding carboxylic acids is 1. The number of benzene rings is 2. The zero-order valence-corrected chi connectivity index (χ0v) is 21.3. The third kappa shape index (κ3) is 4.86. The molecule has 2 atom stereocenters. The van der Waals surface area contributed by atoms with E-state index in [0.717, 1.165) is 25.0 Å². The summed E-state index contributed by atoms with van der Waals surface area (Å²) < 4.78 is 77.2. The molecular formula is C27H23F5N6O3. The summed E-state index contributed by atoms with van der Waals surface area (Å²) in [4.78, 5) is 22.5. The first-order valence-electron chi connectivity index (χ1n) is 12.9. The van der Waals surface area contributed by atoms with E-state index >= 15 is 4.39 Å².